The summed E-state index contributed by atoms with van der Waals surface area (Å²) in [5.41, 5.74) is 1.06. The number of ketones is 1. The van der Waals surface area contributed by atoms with E-state index in [0.29, 0.717) is 29.2 Å². The first-order chi connectivity index (χ1) is 15.3. The first-order valence-electron chi connectivity index (χ1n) is 10.7. The van der Waals surface area contributed by atoms with Gasteiger partial charge in [0.15, 0.2) is 17.3 Å². The molecule has 1 aliphatic heterocycles. The number of nitrogens with one attached hydrogen (secondary N) is 2. The van der Waals surface area contributed by atoms with Crippen LogP contribution in [0.25, 0.3) is 0 Å². The lowest BCUT2D eigenvalue weighted by Crippen LogP contribution is -2.34. The van der Waals surface area contributed by atoms with Gasteiger partial charge in [-0.15, -0.1) is 0 Å². The number of ether oxygens (including phenoxy) is 2. The molecule has 2 N–H and O–H groups in total. The molecule has 8 nitrogen and oxygen atoms in total. The van der Waals surface area contributed by atoms with Crippen molar-refractivity contribution in [3.05, 3.63) is 48.0 Å². The molecule has 1 spiro atoms. The molecule has 1 aliphatic carbocycles. The van der Waals surface area contributed by atoms with E-state index in [-0.39, 0.29) is 29.6 Å². The van der Waals surface area contributed by atoms with Crippen molar-refractivity contribution in [2.24, 2.45) is 0 Å². The highest BCUT2D eigenvalue weighted by Gasteiger charge is 2.44. The van der Waals surface area contributed by atoms with E-state index in [0.717, 1.165) is 25.7 Å². The van der Waals surface area contributed by atoms with Gasteiger partial charge in [-0.25, -0.2) is 13.1 Å². The third-order valence-corrected chi connectivity index (χ3v) is 7.11. The van der Waals surface area contributed by atoms with Crippen molar-refractivity contribution in [3.8, 4) is 11.5 Å². The molecule has 1 amide bonds. The third-order valence-electron chi connectivity index (χ3n) is 5.63. The second kappa shape index (κ2) is 8.91. The summed E-state index contributed by atoms with van der Waals surface area (Å²) in [5.74, 6) is 0.427. The molecule has 4 rings (SSSR count). The quantitative estimate of drug-likeness (QED) is 0.462. The summed E-state index contributed by atoms with van der Waals surface area (Å²) in [6.45, 7) is 1.54. The molecule has 2 aromatic rings. The Morgan fingerprint density at radius 1 is 1.00 bits per heavy atom. The standard InChI is InChI=1S/C23H26N2O6S/c1-16(26)17-6-9-19(10-7-17)32(28,29)24-14-4-5-22(27)25-18-8-11-20-21(15-18)31-23(30-20)12-2-3-13-23/h6-11,15,24H,2-5,12-14H2,1H3,(H,25,27). The number of fused-ring (bicyclic) bond motifs is 1. The number of amides is 1. The molecule has 0 saturated heterocycles. The van der Waals surface area contributed by atoms with Crippen molar-refractivity contribution in [1.29, 1.82) is 0 Å². The molecule has 1 saturated carbocycles. The molecule has 1 fully saturated rings. The topological polar surface area (TPSA) is 111 Å². The van der Waals surface area contributed by atoms with Crippen LogP contribution in [0.2, 0.25) is 0 Å². The number of sulfonamides is 1. The van der Waals surface area contributed by atoms with Gasteiger partial charge in [0, 0.05) is 43.1 Å². The summed E-state index contributed by atoms with van der Waals surface area (Å²) < 4.78 is 39.1. The highest BCUT2D eigenvalue weighted by Crippen LogP contribution is 2.47. The van der Waals surface area contributed by atoms with Gasteiger partial charge in [0.2, 0.25) is 15.9 Å². The van der Waals surface area contributed by atoms with Crippen LogP contribution in [0.4, 0.5) is 5.69 Å². The zero-order valence-electron chi connectivity index (χ0n) is 17.8. The predicted octanol–water partition coefficient (Wildman–Crippen LogP) is 3.63. The summed E-state index contributed by atoms with van der Waals surface area (Å²) in [6, 6.07) is 11.1. The van der Waals surface area contributed by atoms with E-state index in [1.165, 1.54) is 31.2 Å². The summed E-state index contributed by atoms with van der Waals surface area (Å²) in [7, 11) is -3.70. The van der Waals surface area contributed by atoms with Crippen LogP contribution in [0.5, 0.6) is 11.5 Å². The molecule has 32 heavy (non-hydrogen) atoms. The first kappa shape index (κ1) is 22.3. The van der Waals surface area contributed by atoms with Crippen molar-refractivity contribution in [2.75, 3.05) is 11.9 Å². The van der Waals surface area contributed by atoms with E-state index in [9.17, 15) is 18.0 Å². The van der Waals surface area contributed by atoms with Crippen LogP contribution in [0.15, 0.2) is 47.4 Å². The van der Waals surface area contributed by atoms with Gasteiger partial charge in [-0.3, -0.25) is 9.59 Å². The molecule has 0 unspecified atom stereocenters. The Morgan fingerprint density at radius 3 is 2.38 bits per heavy atom. The molecule has 170 valence electrons. The lowest BCUT2D eigenvalue weighted by Gasteiger charge is -2.21. The van der Waals surface area contributed by atoms with Gasteiger partial charge in [-0.1, -0.05) is 12.1 Å². The normalized spacial score (nSPS) is 16.3. The maximum Gasteiger partial charge on any atom is 0.251 e. The number of hydrogen-bond donors (Lipinski definition) is 2. The van der Waals surface area contributed by atoms with E-state index in [2.05, 4.69) is 10.0 Å². The van der Waals surface area contributed by atoms with Gasteiger partial charge in [0.1, 0.15) is 0 Å². The molecule has 0 atom stereocenters. The van der Waals surface area contributed by atoms with Crippen molar-refractivity contribution < 1.29 is 27.5 Å². The van der Waals surface area contributed by atoms with Gasteiger partial charge < -0.3 is 14.8 Å². The van der Waals surface area contributed by atoms with Gasteiger partial charge in [0.05, 0.1) is 4.90 Å². The zero-order chi connectivity index (χ0) is 22.8. The molecule has 1 heterocycles. The van der Waals surface area contributed by atoms with Crippen molar-refractivity contribution in [2.45, 2.75) is 56.1 Å². The number of rotatable bonds is 8. The van der Waals surface area contributed by atoms with Gasteiger partial charge in [-0.05, 0) is 50.5 Å². The molecule has 0 aromatic heterocycles. The SMILES string of the molecule is CC(=O)c1ccc(S(=O)(=O)NCCCC(=O)Nc2ccc3c(c2)OC2(CCCC2)O3)cc1. The lowest BCUT2D eigenvalue weighted by molar-refractivity contribution is -0.116. The van der Waals surface area contributed by atoms with Crippen LogP contribution < -0.4 is 19.5 Å². The van der Waals surface area contributed by atoms with Crippen LogP contribution in [-0.4, -0.2) is 32.4 Å². The number of hydrogen-bond acceptors (Lipinski definition) is 6. The van der Waals surface area contributed by atoms with E-state index in [1.807, 2.05) is 0 Å². The Hall–Kier alpha value is -2.91. The van der Waals surface area contributed by atoms with Crippen molar-refractivity contribution >= 4 is 27.4 Å². The van der Waals surface area contributed by atoms with E-state index in [1.54, 1.807) is 18.2 Å². The number of carbonyl (C=O) groups is 2. The second-order valence-electron chi connectivity index (χ2n) is 8.11. The molecule has 9 heteroatoms. The molecule has 2 aromatic carbocycles. The van der Waals surface area contributed by atoms with E-state index in [4.69, 9.17) is 9.47 Å². The predicted molar refractivity (Wildman–Crippen MR) is 118 cm³/mol. The summed E-state index contributed by atoms with van der Waals surface area (Å²) >= 11 is 0. The average molecular weight is 459 g/mol. The highest BCUT2D eigenvalue weighted by atomic mass is 32.2. The largest absolute Gasteiger partial charge is 0.448 e. The van der Waals surface area contributed by atoms with Crippen LogP contribution in [-0.2, 0) is 14.8 Å². The summed E-state index contributed by atoms with van der Waals surface area (Å²) in [5, 5.41) is 2.81. The monoisotopic (exact) mass is 458 g/mol. The fourth-order valence-corrected chi connectivity index (χ4v) is 4.99. The summed E-state index contributed by atoms with van der Waals surface area (Å²) in [6.07, 6.45) is 4.37. The van der Waals surface area contributed by atoms with Crippen LogP contribution in [0.1, 0.15) is 55.8 Å². The maximum atomic E-state index is 12.3. The number of Topliss-reactive ketones (excluding diaryl/α,β-unsaturated/α-hetero) is 1. The van der Waals surface area contributed by atoms with Gasteiger partial charge >= 0.3 is 0 Å². The Balaban J connectivity index is 1.24. The fraction of sp³-hybridized carbons (Fsp3) is 0.391. The molecular weight excluding hydrogens is 432 g/mol. The van der Waals surface area contributed by atoms with Crippen LogP contribution in [0, 0.1) is 0 Å². The second-order valence-corrected chi connectivity index (χ2v) is 9.88. The Morgan fingerprint density at radius 2 is 1.69 bits per heavy atom. The van der Waals surface area contributed by atoms with E-state index < -0.39 is 15.8 Å². The Kier molecular flexibility index (Phi) is 6.21. The molecule has 2 aliphatic rings. The van der Waals surface area contributed by atoms with Crippen molar-refractivity contribution in [1.82, 2.24) is 4.72 Å². The third kappa shape index (κ3) is 4.94. The smallest absolute Gasteiger partial charge is 0.251 e. The maximum absolute atomic E-state index is 12.3. The number of carbonyl (C=O) groups excluding carboxylic acids is 2. The molecular formula is C23H26N2O6S. The minimum absolute atomic E-state index is 0.0762. The fourth-order valence-electron chi connectivity index (χ4n) is 3.92. The molecule has 0 radical (unpaired) electrons. The van der Waals surface area contributed by atoms with Crippen LogP contribution in [0.3, 0.4) is 0 Å². The summed E-state index contributed by atoms with van der Waals surface area (Å²) in [4.78, 5) is 23.7. The first-order valence-corrected chi connectivity index (χ1v) is 12.2. The van der Waals surface area contributed by atoms with Gasteiger partial charge in [0.25, 0.3) is 5.79 Å². The Bertz CT molecular complexity index is 1120. The Labute approximate surface area is 187 Å². The average Bonchev–Trinajstić information content (AvgIpc) is 3.36. The van der Waals surface area contributed by atoms with E-state index >= 15 is 0 Å². The highest BCUT2D eigenvalue weighted by molar-refractivity contribution is 7.89. The lowest BCUT2D eigenvalue weighted by atomic mass is 10.2. The minimum Gasteiger partial charge on any atom is -0.448 e. The minimum atomic E-state index is -3.70. The number of anilines is 1. The zero-order valence-corrected chi connectivity index (χ0v) is 18.7. The van der Waals surface area contributed by atoms with Gasteiger partial charge in [-0.2, -0.15) is 0 Å². The van der Waals surface area contributed by atoms with Crippen molar-refractivity contribution in [3.63, 3.8) is 0 Å². The number of benzene rings is 2. The van der Waals surface area contributed by atoms with Crippen LogP contribution >= 0.6 is 0 Å². The molecule has 0 bridgehead atoms.